The van der Waals surface area contributed by atoms with E-state index in [1.807, 2.05) is 37.3 Å². The van der Waals surface area contributed by atoms with Crippen molar-refractivity contribution in [2.75, 3.05) is 16.2 Å². The molecule has 194 valence electrons. The third kappa shape index (κ3) is 6.10. The second kappa shape index (κ2) is 11.7. The molecule has 0 saturated carbocycles. The molecule has 4 aromatic carbocycles. The van der Waals surface area contributed by atoms with Gasteiger partial charge >= 0.3 is 5.97 Å². The van der Waals surface area contributed by atoms with Crippen LogP contribution in [0.25, 0.3) is 0 Å². The maximum absolute atomic E-state index is 13.9. The van der Waals surface area contributed by atoms with Crippen LogP contribution in [0.5, 0.6) is 0 Å². The van der Waals surface area contributed by atoms with Crippen LogP contribution in [0.3, 0.4) is 0 Å². The lowest BCUT2D eigenvalue weighted by atomic mass is 10.1. The van der Waals surface area contributed by atoms with E-state index in [0.29, 0.717) is 11.3 Å². The van der Waals surface area contributed by atoms with E-state index in [0.717, 1.165) is 11.1 Å². The van der Waals surface area contributed by atoms with Gasteiger partial charge < -0.3 is 10.1 Å². The number of para-hydroxylation sites is 1. The summed E-state index contributed by atoms with van der Waals surface area (Å²) < 4.78 is 34.1. The number of nitrogens with zero attached hydrogens (tertiary/aromatic N) is 1. The highest BCUT2D eigenvalue weighted by Gasteiger charge is 2.28. The lowest BCUT2D eigenvalue weighted by Gasteiger charge is -2.26. The monoisotopic (exact) mass is 528 g/mol. The Kier molecular flexibility index (Phi) is 8.23. The third-order valence-corrected chi connectivity index (χ3v) is 7.60. The predicted molar refractivity (Wildman–Crippen MR) is 148 cm³/mol. The molecule has 7 nitrogen and oxygen atoms in total. The van der Waals surface area contributed by atoms with E-state index < -0.39 is 21.9 Å². The van der Waals surface area contributed by atoms with Crippen molar-refractivity contribution >= 4 is 33.3 Å². The smallest absolute Gasteiger partial charge is 0.338 e. The topological polar surface area (TPSA) is 92.8 Å². The second-order valence-electron chi connectivity index (χ2n) is 8.58. The Bertz CT molecular complexity index is 1530. The van der Waals surface area contributed by atoms with Gasteiger partial charge in [-0.1, -0.05) is 66.2 Å². The predicted octanol–water partition coefficient (Wildman–Crippen LogP) is 5.82. The Morgan fingerprint density at radius 3 is 2.24 bits per heavy atom. The van der Waals surface area contributed by atoms with Crippen molar-refractivity contribution in [2.45, 2.75) is 25.3 Å². The summed E-state index contributed by atoms with van der Waals surface area (Å²) in [6.07, 6.45) is 0. The maximum atomic E-state index is 13.9. The van der Waals surface area contributed by atoms with Crippen molar-refractivity contribution in [3.63, 3.8) is 0 Å². The molecular weight excluding hydrogens is 500 g/mol. The fourth-order valence-corrected chi connectivity index (χ4v) is 5.38. The van der Waals surface area contributed by atoms with Gasteiger partial charge in [-0.2, -0.15) is 0 Å². The number of hydrogen-bond donors (Lipinski definition) is 1. The van der Waals surface area contributed by atoms with Gasteiger partial charge in [0.05, 0.1) is 34.9 Å². The number of sulfonamides is 1. The van der Waals surface area contributed by atoms with Gasteiger partial charge in [-0.15, -0.1) is 0 Å². The van der Waals surface area contributed by atoms with Crippen LogP contribution in [0.2, 0.25) is 0 Å². The van der Waals surface area contributed by atoms with Gasteiger partial charge in [0, 0.05) is 5.69 Å². The first-order chi connectivity index (χ1) is 18.3. The van der Waals surface area contributed by atoms with E-state index in [-0.39, 0.29) is 29.3 Å². The molecule has 0 unspecified atom stereocenters. The van der Waals surface area contributed by atoms with E-state index in [9.17, 15) is 18.0 Å². The van der Waals surface area contributed by atoms with Crippen LogP contribution in [-0.2, 0) is 21.3 Å². The van der Waals surface area contributed by atoms with Crippen molar-refractivity contribution in [3.05, 3.63) is 125 Å². The van der Waals surface area contributed by atoms with Crippen molar-refractivity contribution in [1.82, 2.24) is 0 Å². The Hall–Kier alpha value is -4.43. The summed E-state index contributed by atoms with van der Waals surface area (Å²) in [5, 5.41) is 2.79. The minimum absolute atomic E-state index is 0.0275. The molecule has 4 rings (SSSR count). The second-order valence-corrected chi connectivity index (χ2v) is 10.4. The molecule has 0 aliphatic rings. The third-order valence-electron chi connectivity index (χ3n) is 5.83. The molecule has 0 aromatic heterocycles. The van der Waals surface area contributed by atoms with Crippen LogP contribution in [0.15, 0.2) is 108 Å². The van der Waals surface area contributed by atoms with Crippen LogP contribution < -0.4 is 9.62 Å². The fourth-order valence-electron chi connectivity index (χ4n) is 3.91. The molecule has 0 aliphatic carbocycles. The van der Waals surface area contributed by atoms with E-state index in [1.165, 1.54) is 10.4 Å². The molecule has 0 aliphatic heterocycles. The van der Waals surface area contributed by atoms with Crippen molar-refractivity contribution in [3.8, 4) is 0 Å². The van der Waals surface area contributed by atoms with Crippen LogP contribution >= 0.6 is 0 Å². The normalized spacial score (nSPS) is 11.0. The molecule has 0 saturated heterocycles. The highest BCUT2D eigenvalue weighted by Crippen LogP contribution is 2.30. The largest absolute Gasteiger partial charge is 0.462 e. The van der Waals surface area contributed by atoms with Gasteiger partial charge in [-0.25, -0.2) is 13.2 Å². The van der Waals surface area contributed by atoms with Gasteiger partial charge in [-0.3, -0.25) is 9.10 Å². The van der Waals surface area contributed by atoms with Gasteiger partial charge in [0.15, 0.2) is 0 Å². The van der Waals surface area contributed by atoms with Gasteiger partial charge in [-0.05, 0) is 61.9 Å². The number of ether oxygens (including phenoxy) is 1. The number of aryl methyl sites for hydroxylation is 1. The lowest BCUT2D eigenvalue weighted by molar-refractivity contribution is 0.0526. The quantitative estimate of drug-likeness (QED) is 0.276. The summed E-state index contributed by atoms with van der Waals surface area (Å²) in [5.41, 5.74) is 2.78. The summed E-state index contributed by atoms with van der Waals surface area (Å²) in [7, 11) is -4.03. The van der Waals surface area contributed by atoms with Crippen LogP contribution in [0.1, 0.15) is 38.8 Å². The number of hydrogen-bond acceptors (Lipinski definition) is 5. The number of esters is 1. The van der Waals surface area contributed by atoms with E-state index in [2.05, 4.69) is 5.32 Å². The first-order valence-electron chi connectivity index (χ1n) is 12.1. The molecular formula is C30H28N2O5S. The summed E-state index contributed by atoms with van der Waals surface area (Å²) in [6, 6.07) is 28.7. The molecule has 38 heavy (non-hydrogen) atoms. The number of rotatable bonds is 9. The molecule has 0 atom stereocenters. The minimum Gasteiger partial charge on any atom is -0.462 e. The zero-order valence-corrected chi connectivity index (χ0v) is 21.9. The molecule has 0 heterocycles. The number of carbonyl (C=O) groups is 2. The Labute approximate surface area is 222 Å². The highest BCUT2D eigenvalue weighted by atomic mass is 32.2. The van der Waals surface area contributed by atoms with Crippen molar-refractivity contribution < 1.29 is 22.7 Å². The lowest BCUT2D eigenvalue weighted by Crippen LogP contribution is -2.32. The number of nitrogens with one attached hydrogen (secondary N) is 1. The van der Waals surface area contributed by atoms with E-state index in [1.54, 1.807) is 73.7 Å². The molecule has 1 amide bonds. The van der Waals surface area contributed by atoms with Crippen LogP contribution in [0, 0.1) is 6.92 Å². The Morgan fingerprint density at radius 2 is 1.53 bits per heavy atom. The van der Waals surface area contributed by atoms with E-state index in [4.69, 9.17) is 4.74 Å². The molecule has 8 heteroatoms. The number of carbonyl (C=O) groups excluding carboxylic acids is 2. The van der Waals surface area contributed by atoms with Crippen LogP contribution in [-0.4, -0.2) is 26.9 Å². The highest BCUT2D eigenvalue weighted by molar-refractivity contribution is 7.92. The summed E-state index contributed by atoms with van der Waals surface area (Å²) in [4.78, 5) is 25.7. The SMILES string of the molecule is CCOC(=O)c1cccc(NC(=O)c2ccccc2N(Cc2ccccc2)S(=O)(=O)c2ccc(C)cc2)c1. The summed E-state index contributed by atoms with van der Waals surface area (Å²) in [5.74, 6) is -1.01. The van der Waals surface area contributed by atoms with Crippen molar-refractivity contribution in [2.24, 2.45) is 0 Å². The summed E-state index contributed by atoms with van der Waals surface area (Å²) in [6.45, 7) is 3.86. The van der Waals surface area contributed by atoms with Gasteiger partial charge in [0.25, 0.3) is 15.9 Å². The molecule has 0 fully saturated rings. The number of anilines is 2. The van der Waals surface area contributed by atoms with E-state index >= 15 is 0 Å². The van der Waals surface area contributed by atoms with Gasteiger partial charge in [0.1, 0.15) is 0 Å². The Morgan fingerprint density at radius 1 is 0.842 bits per heavy atom. The van der Waals surface area contributed by atoms with Crippen LogP contribution in [0.4, 0.5) is 11.4 Å². The molecule has 0 radical (unpaired) electrons. The molecule has 4 aromatic rings. The standard InChI is InChI=1S/C30H28N2O5S/c1-3-37-30(34)24-12-9-13-25(20-24)31-29(33)27-14-7-8-15-28(27)32(21-23-10-5-4-6-11-23)38(35,36)26-18-16-22(2)17-19-26/h4-20H,3,21H2,1-2H3,(H,31,33). The maximum Gasteiger partial charge on any atom is 0.338 e. The fraction of sp³-hybridized carbons (Fsp3) is 0.133. The summed E-state index contributed by atoms with van der Waals surface area (Å²) >= 11 is 0. The zero-order valence-electron chi connectivity index (χ0n) is 21.1. The average Bonchev–Trinajstić information content (AvgIpc) is 2.93. The average molecular weight is 529 g/mol. The number of amides is 1. The van der Waals surface area contributed by atoms with Gasteiger partial charge in [0.2, 0.25) is 0 Å². The number of benzene rings is 4. The minimum atomic E-state index is -4.03. The van der Waals surface area contributed by atoms with Crippen molar-refractivity contribution in [1.29, 1.82) is 0 Å². The first-order valence-corrected chi connectivity index (χ1v) is 13.5. The molecule has 1 N–H and O–H groups in total. The first kappa shape index (κ1) is 26.6. The molecule has 0 spiro atoms. The zero-order chi connectivity index (χ0) is 27.1. The Balaban J connectivity index is 1.73. The molecule has 0 bridgehead atoms.